The number of nitrogens with zero attached hydrogens (tertiary/aromatic N) is 1. The van der Waals surface area contributed by atoms with Crippen molar-refractivity contribution in [2.24, 2.45) is 0 Å². The van der Waals surface area contributed by atoms with Gasteiger partial charge in [0.2, 0.25) is 0 Å². The van der Waals surface area contributed by atoms with E-state index in [0.717, 1.165) is 24.9 Å². The maximum atomic E-state index is 6.09. The molecular weight excluding hydrogens is 272 g/mol. The van der Waals surface area contributed by atoms with Crippen LogP contribution in [0, 0.1) is 0 Å². The Labute approximate surface area is 133 Å². The largest absolute Gasteiger partial charge is 0.472 e. The Kier molecular flexibility index (Phi) is 4.84. The Hall–Kier alpha value is -1.74. The number of hydrogen-bond donors (Lipinski definition) is 1. The van der Waals surface area contributed by atoms with Crippen molar-refractivity contribution >= 4 is 5.69 Å². The monoisotopic (exact) mass is 298 g/mol. The zero-order chi connectivity index (χ0) is 15.4. The van der Waals surface area contributed by atoms with Gasteiger partial charge in [-0.2, -0.15) is 0 Å². The van der Waals surface area contributed by atoms with Gasteiger partial charge in [-0.3, -0.25) is 0 Å². The lowest BCUT2D eigenvalue weighted by molar-refractivity contribution is 0.218. The summed E-state index contributed by atoms with van der Waals surface area (Å²) in [6.45, 7) is 1.17. The van der Waals surface area contributed by atoms with Crippen LogP contribution in [0.2, 0.25) is 0 Å². The first-order chi connectivity index (χ1) is 10.7. The molecule has 22 heavy (non-hydrogen) atoms. The van der Waals surface area contributed by atoms with E-state index in [1.54, 1.807) is 6.26 Å². The summed E-state index contributed by atoms with van der Waals surface area (Å²) in [5.74, 6) is 0. The van der Waals surface area contributed by atoms with Gasteiger partial charge in [-0.05, 0) is 80.9 Å². The molecule has 1 aliphatic carbocycles. The number of hydrogen-bond acceptors (Lipinski definition) is 3. The van der Waals surface area contributed by atoms with Crippen LogP contribution in [0.25, 0.3) is 0 Å². The van der Waals surface area contributed by atoms with E-state index < -0.39 is 0 Å². The van der Waals surface area contributed by atoms with Crippen LogP contribution in [-0.2, 0) is 19.3 Å². The van der Waals surface area contributed by atoms with Crippen molar-refractivity contribution in [3.63, 3.8) is 0 Å². The van der Waals surface area contributed by atoms with Crippen LogP contribution in [0.15, 0.2) is 41.2 Å². The molecule has 1 unspecified atom stereocenters. The van der Waals surface area contributed by atoms with Gasteiger partial charge < -0.3 is 15.1 Å². The lowest BCUT2D eigenvalue weighted by Gasteiger charge is -2.33. The minimum atomic E-state index is 0.656. The lowest BCUT2D eigenvalue weighted by Crippen LogP contribution is -2.37. The van der Waals surface area contributed by atoms with Crippen molar-refractivity contribution in [2.45, 2.75) is 44.6 Å². The van der Waals surface area contributed by atoms with E-state index in [9.17, 15) is 0 Å². The molecule has 3 rings (SSSR count). The van der Waals surface area contributed by atoms with Gasteiger partial charge in [0, 0.05) is 11.7 Å². The molecule has 0 spiro atoms. The highest BCUT2D eigenvalue weighted by atomic mass is 16.3. The van der Waals surface area contributed by atoms with Gasteiger partial charge in [-0.1, -0.05) is 12.1 Å². The lowest BCUT2D eigenvalue weighted by atomic mass is 9.86. The predicted molar refractivity (Wildman–Crippen MR) is 90.9 cm³/mol. The highest BCUT2D eigenvalue weighted by Crippen LogP contribution is 2.28. The number of furan rings is 1. The molecule has 2 aromatic rings. The van der Waals surface area contributed by atoms with E-state index >= 15 is 0 Å². The molecule has 0 radical (unpaired) electrons. The molecule has 118 valence electrons. The minimum absolute atomic E-state index is 0.656. The van der Waals surface area contributed by atoms with Crippen LogP contribution >= 0.6 is 0 Å². The van der Waals surface area contributed by atoms with E-state index in [1.165, 1.54) is 42.5 Å². The molecule has 0 bridgehead atoms. The average Bonchev–Trinajstić information content (AvgIpc) is 3.04. The first-order valence-electron chi connectivity index (χ1n) is 8.31. The van der Waals surface area contributed by atoms with Crippen LogP contribution in [0.5, 0.6) is 0 Å². The third kappa shape index (κ3) is 3.53. The summed E-state index contributed by atoms with van der Waals surface area (Å²) in [5, 5.41) is 0. The number of nitrogen functional groups attached to an aromatic ring is 1. The van der Waals surface area contributed by atoms with Gasteiger partial charge in [0.05, 0.1) is 12.5 Å². The molecule has 1 aromatic carbocycles. The second-order valence-electron chi connectivity index (χ2n) is 6.45. The molecule has 0 fully saturated rings. The second-order valence-corrected chi connectivity index (χ2v) is 6.45. The molecule has 1 heterocycles. The summed E-state index contributed by atoms with van der Waals surface area (Å²) in [6.07, 6.45) is 10.7. The van der Waals surface area contributed by atoms with Gasteiger partial charge in [-0.25, -0.2) is 0 Å². The summed E-state index contributed by atoms with van der Waals surface area (Å²) in [7, 11) is 2.26. The zero-order valence-electron chi connectivity index (χ0n) is 13.4. The van der Waals surface area contributed by atoms with Gasteiger partial charge in [0.15, 0.2) is 0 Å². The Morgan fingerprint density at radius 3 is 3.00 bits per heavy atom. The summed E-state index contributed by atoms with van der Waals surface area (Å²) in [6, 6.07) is 9.07. The van der Waals surface area contributed by atoms with Crippen LogP contribution < -0.4 is 5.73 Å². The highest BCUT2D eigenvalue weighted by molar-refractivity contribution is 5.52. The molecule has 1 atom stereocenters. The highest BCUT2D eigenvalue weighted by Gasteiger charge is 2.22. The van der Waals surface area contributed by atoms with Crippen molar-refractivity contribution < 1.29 is 4.42 Å². The number of nitrogens with two attached hydrogens (primary N) is 1. The molecule has 3 heteroatoms. The molecule has 2 N–H and O–H groups in total. The number of fused-ring (bicyclic) bond motifs is 1. The molecule has 1 aliphatic rings. The molecule has 0 saturated heterocycles. The summed E-state index contributed by atoms with van der Waals surface area (Å²) < 4.78 is 5.11. The van der Waals surface area contributed by atoms with Gasteiger partial charge in [-0.15, -0.1) is 0 Å². The minimum Gasteiger partial charge on any atom is -0.472 e. The fourth-order valence-electron chi connectivity index (χ4n) is 3.50. The standard InChI is InChI=1S/C19H26N2O/c1-21(11-3-2-5-15-10-12-22-14-15)17-8-9-18-16(13-17)6-4-7-19(18)20/h4,6-7,10,12,14,17H,2-3,5,8-9,11,13,20H2,1H3. The maximum Gasteiger partial charge on any atom is 0.0934 e. The average molecular weight is 298 g/mol. The Morgan fingerprint density at radius 2 is 2.18 bits per heavy atom. The van der Waals surface area contributed by atoms with E-state index in [2.05, 4.69) is 30.1 Å². The quantitative estimate of drug-likeness (QED) is 0.653. The first kappa shape index (κ1) is 15.2. The maximum absolute atomic E-state index is 6.09. The topological polar surface area (TPSA) is 42.4 Å². The molecule has 0 saturated carbocycles. The first-order valence-corrected chi connectivity index (χ1v) is 8.31. The third-order valence-corrected chi connectivity index (χ3v) is 4.92. The van der Waals surface area contributed by atoms with Crippen molar-refractivity contribution in [2.75, 3.05) is 19.3 Å². The van der Waals surface area contributed by atoms with E-state index in [1.807, 2.05) is 12.3 Å². The molecule has 1 aromatic heterocycles. The number of anilines is 1. The molecule has 3 nitrogen and oxygen atoms in total. The van der Waals surface area contributed by atoms with Crippen molar-refractivity contribution in [1.29, 1.82) is 0 Å². The van der Waals surface area contributed by atoms with E-state index in [-0.39, 0.29) is 0 Å². The van der Waals surface area contributed by atoms with Gasteiger partial charge in [0.25, 0.3) is 0 Å². The zero-order valence-corrected chi connectivity index (χ0v) is 13.4. The van der Waals surface area contributed by atoms with Gasteiger partial charge in [0.1, 0.15) is 0 Å². The smallest absolute Gasteiger partial charge is 0.0934 e. The normalized spacial score (nSPS) is 17.6. The summed E-state index contributed by atoms with van der Waals surface area (Å²) in [5.41, 5.74) is 11.2. The number of unbranched alkanes of at least 4 members (excludes halogenated alkanes) is 1. The van der Waals surface area contributed by atoms with Crippen molar-refractivity contribution in [3.8, 4) is 0 Å². The number of likely N-dealkylation sites (N-methyl/N-ethyl adjacent to an activating group) is 1. The fraction of sp³-hybridized carbons (Fsp3) is 0.474. The third-order valence-electron chi connectivity index (χ3n) is 4.92. The van der Waals surface area contributed by atoms with Crippen LogP contribution in [0.1, 0.15) is 36.0 Å². The van der Waals surface area contributed by atoms with Crippen molar-refractivity contribution in [1.82, 2.24) is 4.90 Å². The fourth-order valence-corrected chi connectivity index (χ4v) is 3.50. The number of rotatable bonds is 6. The number of benzene rings is 1. The Balaban J connectivity index is 1.46. The Bertz CT molecular complexity index is 591. The van der Waals surface area contributed by atoms with Crippen LogP contribution in [0.4, 0.5) is 5.69 Å². The molecular formula is C19H26N2O. The molecule has 0 amide bonds. The SMILES string of the molecule is CN(CCCCc1ccoc1)C1CCc2c(N)cccc2C1. The summed E-state index contributed by atoms with van der Waals surface area (Å²) in [4.78, 5) is 2.53. The number of aryl methyl sites for hydroxylation is 1. The van der Waals surface area contributed by atoms with Crippen LogP contribution in [0.3, 0.4) is 0 Å². The van der Waals surface area contributed by atoms with Crippen molar-refractivity contribution in [3.05, 3.63) is 53.5 Å². The second kappa shape index (κ2) is 7.01. The predicted octanol–water partition coefficient (Wildman–Crippen LogP) is 3.67. The van der Waals surface area contributed by atoms with E-state index in [4.69, 9.17) is 10.2 Å². The van der Waals surface area contributed by atoms with Gasteiger partial charge >= 0.3 is 0 Å². The Morgan fingerprint density at radius 1 is 1.27 bits per heavy atom. The summed E-state index contributed by atoms with van der Waals surface area (Å²) >= 11 is 0. The van der Waals surface area contributed by atoms with Crippen LogP contribution in [-0.4, -0.2) is 24.5 Å². The molecule has 0 aliphatic heterocycles. The van der Waals surface area contributed by atoms with E-state index in [0.29, 0.717) is 6.04 Å².